The van der Waals surface area contributed by atoms with Gasteiger partial charge in [0, 0.05) is 0 Å². The first-order valence-electron chi connectivity index (χ1n) is 4.95. The van der Waals surface area contributed by atoms with Gasteiger partial charge < -0.3 is 20.4 Å². The Morgan fingerprint density at radius 1 is 0.722 bits per heavy atom. The van der Waals surface area contributed by atoms with Gasteiger partial charge >= 0.3 is 23.9 Å². The van der Waals surface area contributed by atoms with Gasteiger partial charge in [-0.05, 0) is 13.8 Å². The zero-order chi connectivity index (χ0) is 14.5. The van der Waals surface area contributed by atoms with E-state index in [1.165, 1.54) is 0 Å². The third-order valence-electron chi connectivity index (χ3n) is 4.08. The van der Waals surface area contributed by atoms with Crippen LogP contribution in [-0.4, -0.2) is 44.3 Å². The van der Waals surface area contributed by atoms with Gasteiger partial charge in [0.05, 0.1) is 22.7 Å². The Morgan fingerprint density at radius 2 is 0.944 bits per heavy atom. The van der Waals surface area contributed by atoms with Crippen LogP contribution in [0.3, 0.4) is 0 Å². The largest absolute Gasteiger partial charge is 0.481 e. The maximum absolute atomic E-state index is 11.2. The van der Waals surface area contributed by atoms with Crippen LogP contribution >= 0.6 is 0 Å². The molecule has 0 aromatic heterocycles. The second-order valence-electron chi connectivity index (χ2n) is 4.65. The summed E-state index contributed by atoms with van der Waals surface area (Å²) in [4.78, 5) is 44.4. The molecule has 18 heavy (non-hydrogen) atoms. The van der Waals surface area contributed by atoms with E-state index in [0.29, 0.717) is 0 Å². The highest BCUT2D eigenvalue weighted by atomic mass is 16.4. The molecule has 0 heterocycles. The molecule has 0 saturated heterocycles. The molecule has 0 spiro atoms. The molecule has 0 radical (unpaired) electrons. The van der Waals surface area contributed by atoms with E-state index in [0.717, 1.165) is 13.8 Å². The van der Waals surface area contributed by atoms with E-state index in [9.17, 15) is 19.2 Å². The van der Waals surface area contributed by atoms with Crippen LogP contribution in [0.1, 0.15) is 13.8 Å². The SMILES string of the molecule is CC1(C(=O)O)C(C(=O)O)C(C(=O)O)C1(C)C(=O)O. The fraction of sp³-hybridized carbons (Fsp3) is 0.600. The zero-order valence-corrected chi connectivity index (χ0v) is 9.58. The zero-order valence-electron chi connectivity index (χ0n) is 9.58. The number of hydrogen-bond acceptors (Lipinski definition) is 4. The van der Waals surface area contributed by atoms with Gasteiger partial charge in [0.2, 0.25) is 0 Å². The van der Waals surface area contributed by atoms with Crippen molar-refractivity contribution in [1.29, 1.82) is 0 Å². The molecule has 0 aromatic carbocycles. The monoisotopic (exact) mass is 260 g/mol. The minimum absolute atomic E-state index is 0.946. The summed E-state index contributed by atoms with van der Waals surface area (Å²) in [7, 11) is 0. The maximum atomic E-state index is 11.2. The highest BCUT2D eigenvalue weighted by molar-refractivity contribution is 6.00. The Morgan fingerprint density at radius 3 is 1.06 bits per heavy atom. The van der Waals surface area contributed by atoms with Crippen molar-refractivity contribution in [2.45, 2.75) is 13.8 Å². The van der Waals surface area contributed by atoms with Crippen molar-refractivity contribution >= 4 is 23.9 Å². The number of carboxylic acids is 4. The van der Waals surface area contributed by atoms with Gasteiger partial charge in [-0.2, -0.15) is 0 Å². The van der Waals surface area contributed by atoms with Gasteiger partial charge in [0.25, 0.3) is 0 Å². The van der Waals surface area contributed by atoms with Crippen LogP contribution in [0.15, 0.2) is 0 Å². The molecule has 100 valence electrons. The molecule has 0 aliphatic heterocycles. The molecule has 4 unspecified atom stereocenters. The van der Waals surface area contributed by atoms with E-state index in [-0.39, 0.29) is 0 Å². The molecule has 1 aliphatic carbocycles. The fourth-order valence-corrected chi connectivity index (χ4v) is 2.71. The average Bonchev–Trinajstić information content (AvgIpc) is 2.21. The summed E-state index contributed by atoms with van der Waals surface area (Å²) >= 11 is 0. The number of hydrogen-bond donors (Lipinski definition) is 4. The topological polar surface area (TPSA) is 149 Å². The Balaban J connectivity index is 3.48. The van der Waals surface area contributed by atoms with Gasteiger partial charge in [0.15, 0.2) is 0 Å². The van der Waals surface area contributed by atoms with Crippen LogP contribution in [-0.2, 0) is 19.2 Å². The molecular formula is C10H12O8. The lowest BCUT2D eigenvalue weighted by Gasteiger charge is -2.58. The second-order valence-corrected chi connectivity index (χ2v) is 4.65. The minimum Gasteiger partial charge on any atom is -0.481 e. The van der Waals surface area contributed by atoms with Crippen LogP contribution < -0.4 is 0 Å². The van der Waals surface area contributed by atoms with Gasteiger partial charge in [-0.1, -0.05) is 0 Å². The van der Waals surface area contributed by atoms with E-state index in [2.05, 4.69) is 0 Å². The predicted molar refractivity (Wildman–Crippen MR) is 53.7 cm³/mol. The first kappa shape index (κ1) is 13.9. The average molecular weight is 260 g/mol. The molecule has 0 bridgehead atoms. The molecule has 4 atom stereocenters. The second kappa shape index (κ2) is 3.69. The quantitative estimate of drug-likeness (QED) is 0.532. The molecule has 1 saturated carbocycles. The Kier molecular flexibility index (Phi) is 2.86. The Bertz CT molecular complexity index is 413. The normalized spacial score (nSPS) is 38.6. The summed E-state index contributed by atoms with van der Waals surface area (Å²) < 4.78 is 0. The molecule has 1 rings (SSSR count). The molecule has 0 amide bonds. The summed E-state index contributed by atoms with van der Waals surface area (Å²) in [6, 6.07) is 0. The summed E-state index contributed by atoms with van der Waals surface area (Å²) in [6.45, 7) is 1.89. The van der Waals surface area contributed by atoms with Gasteiger partial charge in [0.1, 0.15) is 0 Å². The van der Waals surface area contributed by atoms with Crippen molar-refractivity contribution in [3.05, 3.63) is 0 Å². The number of aliphatic carboxylic acids is 4. The van der Waals surface area contributed by atoms with Gasteiger partial charge in [-0.25, -0.2) is 0 Å². The van der Waals surface area contributed by atoms with E-state index >= 15 is 0 Å². The lowest BCUT2D eigenvalue weighted by molar-refractivity contribution is -0.232. The lowest BCUT2D eigenvalue weighted by atomic mass is 9.39. The van der Waals surface area contributed by atoms with Crippen molar-refractivity contribution in [1.82, 2.24) is 0 Å². The van der Waals surface area contributed by atoms with E-state index < -0.39 is 46.5 Å². The van der Waals surface area contributed by atoms with Crippen LogP contribution in [0.25, 0.3) is 0 Å². The Labute approximate surface area is 101 Å². The molecule has 1 fully saturated rings. The molecule has 8 heteroatoms. The predicted octanol–water partition coefficient (Wildman–Crippen LogP) is -0.417. The number of rotatable bonds is 4. The Hall–Kier alpha value is -2.12. The van der Waals surface area contributed by atoms with E-state index in [1.807, 2.05) is 0 Å². The third-order valence-corrected chi connectivity index (χ3v) is 4.08. The van der Waals surface area contributed by atoms with Crippen molar-refractivity contribution in [3.8, 4) is 0 Å². The molecule has 1 aliphatic rings. The summed E-state index contributed by atoms with van der Waals surface area (Å²) in [5.41, 5.74) is -4.35. The highest BCUT2D eigenvalue weighted by Crippen LogP contribution is 2.65. The van der Waals surface area contributed by atoms with Gasteiger partial charge in [-0.15, -0.1) is 0 Å². The molecule has 4 N–H and O–H groups in total. The lowest BCUT2D eigenvalue weighted by Crippen LogP contribution is -2.73. The summed E-state index contributed by atoms with van der Waals surface area (Å²) in [5.74, 6) is -10.1. The van der Waals surface area contributed by atoms with Crippen molar-refractivity contribution in [3.63, 3.8) is 0 Å². The van der Waals surface area contributed by atoms with Crippen LogP contribution in [0.5, 0.6) is 0 Å². The fourth-order valence-electron chi connectivity index (χ4n) is 2.71. The van der Waals surface area contributed by atoms with E-state index in [1.54, 1.807) is 0 Å². The highest BCUT2D eigenvalue weighted by Gasteiger charge is 2.79. The summed E-state index contributed by atoms with van der Waals surface area (Å²) in [5, 5.41) is 36.0. The molecular weight excluding hydrogens is 248 g/mol. The first-order chi connectivity index (χ1) is 8.02. The summed E-state index contributed by atoms with van der Waals surface area (Å²) in [6.07, 6.45) is 0. The van der Waals surface area contributed by atoms with Gasteiger partial charge in [-0.3, -0.25) is 19.2 Å². The first-order valence-corrected chi connectivity index (χ1v) is 4.95. The molecule has 8 nitrogen and oxygen atoms in total. The molecule has 0 aromatic rings. The maximum Gasteiger partial charge on any atom is 0.311 e. The van der Waals surface area contributed by atoms with Crippen LogP contribution in [0.4, 0.5) is 0 Å². The van der Waals surface area contributed by atoms with E-state index in [4.69, 9.17) is 20.4 Å². The third kappa shape index (κ3) is 1.25. The van der Waals surface area contributed by atoms with Crippen LogP contribution in [0.2, 0.25) is 0 Å². The number of carbonyl (C=O) groups is 4. The van der Waals surface area contributed by atoms with Crippen molar-refractivity contribution in [2.24, 2.45) is 22.7 Å². The standard InChI is InChI=1S/C10H12O8/c1-9(7(15)16)3(5(11)12)4(6(13)14)10(9,2)8(17)18/h3-4H,1-2H3,(H,11,12)(H,13,14)(H,15,16)(H,17,18). The van der Waals surface area contributed by atoms with Crippen molar-refractivity contribution < 1.29 is 39.6 Å². The van der Waals surface area contributed by atoms with Crippen LogP contribution in [0, 0.1) is 22.7 Å². The minimum atomic E-state index is -2.17. The number of carboxylic acid groups (broad SMARTS) is 4. The smallest absolute Gasteiger partial charge is 0.311 e. The van der Waals surface area contributed by atoms with Crippen molar-refractivity contribution in [2.75, 3.05) is 0 Å².